The highest BCUT2D eigenvalue weighted by atomic mass is 16.6. The molecule has 3 aromatic carbocycles. The van der Waals surface area contributed by atoms with Gasteiger partial charge in [0.25, 0.3) is 0 Å². The molecule has 2 atom stereocenters. The molecular weight excluding hydrogens is 506 g/mol. The zero-order chi connectivity index (χ0) is 29.2. The summed E-state index contributed by atoms with van der Waals surface area (Å²) in [7, 11) is 1.31. The predicted octanol–water partition coefficient (Wildman–Crippen LogP) is 4.53. The van der Waals surface area contributed by atoms with Crippen molar-refractivity contribution < 1.29 is 23.9 Å². The topological polar surface area (TPSA) is 106 Å². The standard InChI is InChI=1S/C32H39N3O5/c1-23(29(37)39-5)33-22-27(34-30(38)40-31(2,3)4)21-28(36)35-32(24-15-9-6-10-16-24,25-17-11-7-12-18-25)26-19-13-8-14-20-26/h6-20,23,27,33H,21-22H2,1-5H3,(H,34,38)(H,35,36)/t23-,27+/m0/s1. The van der Waals surface area contributed by atoms with Gasteiger partial charge in [0.05, 0.1) is 13.2 Å². The van der Waals surface area contributed by atoms with Gasteiger partial charge in [-0.15, -0.1) is 0 Å². The van der Waals surface area contributed by atoms with Gasteiger partial charge in [0.1, 0.15) is 17.2 Å². The minimum atomic E-state index is -0.996. The summed E-state index contributed by atoms with van der Waals surface area (Å²) in [6.07, 6.45) is -0.729. The lowest BCUT2D eigenvalue weighted by molar-refractivity contribution is -0.142. The number of hydrogen-bond donors (Lipinski definition) is 3. The van der Waals surface area contributed by atoms with Crippen LogP contribution in [0.1, 0.15) is 50.8 Å². The molecule has 0 aliphatic heterocycles. The van der Waals surface area contributed by atoms with E-state index in [4.69, 9.17) is 9.47 Å². The number of methoxy groups -OCH3 is 1. The summed E-state index contributed by atoms with van der Waals surface area (Å²) in [5, 5.41) is 9.13. The second-order valence-corrected chi connectivity index (χ2v) is 10.6. The van der Waals surface area contributed by atoms with E-state index >= 15 is 0 Å². The fourth-order valence-corrected chi connectivity index (χ4v) is 4.49. The maximum absolute atomic E-state index is 13.9. The lowest BCUT2D eigenvalue weighted by Crippen LogP contribution is -2.52. The van der Waals surface area contributed by atoms with E-state index in [1.807, 2.05) is 91.0 Å². The Morgan fingerprint density at radius 1 is 0.775 bits per heavy atom. The van der Waals surface area contributed by atoms with Gasteiger partial charge >= 0.3 is 12.1 Å². The Morgan fingerprint density at radius 2 is 1.23 bits per heavy atom. The van der Waals surface area contributed by atoms with Crippen LogP contribution < -0.4 is 16.0 Å². The quantitative estimate of drug-likeness (QED) is 0.242. The normalized spacial score (nSPS) is 13.0. The van der Waals surface area contributed by atoms with E-state index in [9.17, 15) is 14.4 Å². The Bertz CT molecular complexity index is 1150. The van der Waals surface area contributed by atoms with Crippen LogP contribution in [0.4, 0.5) is 4.79 Å². The molecule has 2 amide bonds. The van der Waals surface area contributed by atoms with Crippen LogP contribution >= 0.6 is 0 Å². The van der Waals surface area contributed by atoms with Crippen molar-refractivity contribution in [2.45, 2.75) is 57.3 Å². The fourth-order valence-electron chi connectivity index (χ4n) is 4.49. The summed E-state index contributed by atoms with van der Waals surface area (Å²) in [6.45, 7) is 7.08. The van der Waals surface area contributed by atoms with E-state index in [2.05, 4.69) is 16.0 Å². The molecule has 0 aliphatic rings. The Kier molecular flexibility index (Phi) is 10.4. The largest absolute Gasteiger partial charge is 0.468 e. The maximum Gasteiger partial charge on any atom is 0.407 e. The van der Waals surface area contributed by atoms with Crippen LogP contribution in [-0.2, 0) is 24.6 Å². The van der Waals surface area contributed by atoms with E-state index in [0.29, 0.717) is 0 Å². The third-order valence-electron chi connectivity index (χ3n) is 6.33. The van der Waals surface area contributed by atoms with Gasteiger partial charge in [-0.1, -0.05) is 91.0 Å². The van der Waals surface area contributed by atoms with Crippen LogP contribution in [0.25, 0.3) is 0 Å². The summed E-state index contributed by atoms with van der Waals surface area (Å²) in [6, 6.07) is 28.0. The Hall–Kier alpha value is -4.17. The molecular formula is C32H39N3O5. The Labute approximate surface area is 236 Å². The highest BCUT2D eigenvalue weighted by molar-refractivity contribution is 5.80. The molecule has 0 aliphatic carbocycles. The Morgan fingerprint density at radius 3 is 1.62 bits per heavy atom. The smallest absolute Gasteiger partial charge is 0.407 e. The van der Waals surface area contributed by atoms with Crippen molar-refractivity contribution in [2.75, 3.05) is 13.7 Å². The van der Waals surface area contributed by atoms with E-state index in [1.54, 1.807) is 27.7 Å². The molecule has 0 bridgehead atoms. The SMILES string of the molecule is COC(=O)[C@H](C)NC[C@@H](CC(=O)NC(c1ccccc1)(c1ccccc1)c1ccccc1)NC(=O)OC(C)(C)C. The molecule has 0 unspecified atom stereocenters. The molecule has 8 nitrogen and oxygen atoms in total. The number of amides is 2. The summed E-state index contributed by atoms with van der Waals surface area (Å²) in [4.78, 5) is 38.5. The first kappa shape index (κ1) is 30.4. The van der Waals surface area contributed by atoms with Gasteiger partial charge in [0, 0.05) is 13.0 Å². The van der Waals surface area contributed by atoms with Gasteiger partial charge in [0.2, 0.25) is 5.91 Å². The van der Waals surface area contributed by atoms with E-state index in [1.165, 1.54) is 7.11 Å². The first-order valence-electron chi connectivity index (χ1n) is 13.3. The van der Waals surface area contributed by atoms with Crippen molar-refractivity contribution in [1.29, 1.82) is 0 Å². The summed E-state index contributed by atoms with van der Waals surface area (Å²) >= 11 is 0. The van der Waals surface area contributed by atoms with Crippen LogP contribution in [0.5, 0.6) is 0 Å². The van der Waals surface area contributed by atoms with E-state index < -0.39 is 35.3 Å². The van der Waals surface area contributed by atoms with Crippen molar-refractivity contribution in [1.82, 2.24) is 16.0 Å². The first-order valence-corrected chi connectivity index (χ1v) is 13.3. The molecule has 3 rings (SSSR count). The number of esters is 1. The number of ether oxygens (including phenoxy) is 2. The van der Waals surface area contributed by atoms with Crippen molar-refractivity contribution in [2.24, 2.45) is 0 Å². The van der Waals surface area contributed by atoms with Gasteiger partial charge in [-0.3, -0.25) is 9.59 Å². The second-order valence-electron chi connectivity index (χ2n) is 10.6. The molecule has 0 heterocycles. The van der Waals surface area contributed by atoms with Crippen molar-refractivity contribution in [3.8, 4) is 0 Å². The molecule has 212 valence electrons. The van der Waals surface area contributed by atoms with Gasteiger partial charge in [0.15, 0.2) is 0 Å². The van der Waals surface area contributed by atoms with Crippen molar-refractivity contribution >= 4 is 18.0 Å². The minimum absolute atomic E-state index is 0.0750. The molecule has 0 fully saturated rings. The number of rotatable bonds is 11. The monoisotopic (exact) mass is 545 g/mol. The lowest BCUT2D eigenvalue weighted by atomic mass is 9.77. The van der Waals surface area contributed by atoms with E-state index in [0.717, 1.165) is 16.7 Å². The predicted molar refractivity (Wildman–Crippen MR) is 155 cm³/mol. The highest BCUT2D eigenvalue weighted by Crippen LogP contribution is 2.36. The molecule has 0 aromatic heterocycles. The third kappa shape index (κ3) is 8.16. The second kappa shape index (κ2) is 13.8. The van der Waals surface area contributed by atoms with Crippen LogP contribution in [0.2, 0.25) is 0 Å². The van der Waals surface area contributed by atoms with Gasteiger partial charge in [-0.05, 0) is 44.4 Å². The van der Waals surface area contributed by atoms with Gasteiger partial charge in [-0.25, -0.2) is 4.79 Å². The van der Waals surface area contributed by atoms with Crippen molar-refractivity contribution in [3.05, 3.63) is 108 Å². The van der Waals surface area contributed by atoms with Crippen LogP contribution in [0, 0.1) is 0 Å². The van der Waals surface area contributed by atoms with Crippen LogP contribution in [0.15, 0.2) is 91.0 Å². The average Bonchev–Trinajstić information content (AvgIpc) is 2.94. The molecule has 0 saturated carbocycles. The van der Waals surface area contributed by atoms with Crippen molar-refractivity contribution in [3.63, 3.8) is 0 Å². The molecule has 0 spiro atoms. The zero-order valence-electron chi connectivity index (χ0n) is 23.8. The number of nitrogens with one attached hydrogen (secondary N) is 3. The molecule has 3 aromatic rings. The third-order valence-corrected chi connectivity index (χ3v) is 6.33. The lowest BCUT2D eigenvalue weighted by Gasteiger charge is -2.37. The fraction of sp³-hybridized carbons (Fsp3) is 0.344. The summed E-state index contributed by atoms with van der Waals surface area (Å²) in [5.41, 5.74) is 0.941. The molecule has 3 N–H and O–H groups in total. The van der Waals surface area contributed by atoms with Crippen LogP contribution in [0.3, 0.4) is 0 Å². The zero-order valence-corrected chi connectivity index (χ0v) is 23.8. The van der Waals surface area contributed by atoms with Gasteiger partial charge in [-0.2, -0.15) is 0 Å². The van der Waals surface area contributed by atoms with Gasteiger partial charge < -0.3 is 25.4 Å². The average molecular weight is 546 g/mol. The number of carbonyl (C=O) groups is 3. The molecule has 40 heavy (non-hydrogen) atoms. The number of benzene rings is 3. The summed E-state index contributed by atoms with van der Waals surface area (Å²) in [5.74, 6) is -0.748. The van der Waals surface area contributed by atoms with Crippen LogP contribution in [-0.4, -0.2) is 49.3 Å². The number of hydrogen-bond acceptors (Lipinski definition) is 6. The number of alkyl carbamates (subject to hydrolysis) is 1. The minimum Gasteiger partial charge on any atom is -0.468 e. The molecule has 0 radical (unpaired) electrons. The maximum atomic E-state index is 13.9. The summed E-state index contributed by atoms with van der Waals surface area (Å²) < 4.78 is 10.2. The molecule has 8 heteroatoms. The number of carbonyl (C=O) groups excluding carboxylic acids is 3. The molecule has 0 saturated heterocycles. The first-order chi connectivity index (χ1) is 19.0. The Balaban J connectivity index is 1.96. The van der Waals surface area contributed by atoms with E-state index in [-0.39, 0.29) is 18.9 Å². The highest BCUT2D eigenvalue weighted by Gasteiger charge is 2.38.